The van der Waals surface area contributed by atoms with Gasteiger partial charge in [0.25, 0.3) is 0 Å². The number of hydrogen-bond donors (Lipinski definition) is 2. The molecule has 2 rings (SSSR count). The molecule has 22 heavy (non-hydrogen) atoms. The van der Waals surface area contributed by atoms with E-state index in [0.717, 1.165) is 11.6 Å². The number of sulfone groups is 1. The quantitative estimate of drug-likeness (QED) is 0.855. The number of benzene rings is 1. The molecule has 1 aromatic carbocycles. The monoisotopic (exact) mass is 324 g/mol. The third-order valence-electron chi connectivity index (χ3n) is 3.18. The van der Waals surface area contributed by atoms with Crippen molar-refractivity contribution >= 4 is 9.84 Å². The lowest BCUT2D eigenvalue weighted by molar-refractivity contribution is 0.228. The summed E-state index contributed by atoms with van der Waals surface area (Å²) in [4.78, 5) is 11.7. The van der Waals surface area contributed by atoms with Crippen LogP contribution in [-0.2, 0) is 22.9 Å². The van der Waals surface area contributed by atoms with E-state index in [9.17, 15) is 18.3 Å². The molecule has 0 aliphatic heterocycles. The average Bonchev–Trinajstić information content (AvgIpc) is 2.49. The van der Waals surface area contributed by atoms with Crippen LogP contribution in [-0.4, -0.2) is 24.4 Å². The van der Waals surface area contributed by atoms with Gasteiger partial charge in [-0.3, -0.25) is 4.79 Å². The molecular weight excluding hydrogens is 308 g/mol. The highest BCUT2D eigenvalue weighted by Gasteiger charge is 2.17. The Bertz CT molecular complexity index is 818. The normalized spacial score (nSPS) is 11.5. The molecular formula is C15H16O6S. The molecule has 0 saturated heterocycles. The van der Waals surface area contributed by atoms with Crippen molar-refractivity contribution in [3.8, 4) is 5.75 Å². The molecule has 0 aliphatic rings. The van der Waals surface area contributed by atoms with E-state index in [-0.39, 0.29) is 28.6 Å². The van der Waals surface area contributed by atoms with Gasteiger partial charge in [-0.2, -0.15) is 0 Å². The van der Waals surface area contributed by atoms with Crippen molar-refractivity contribution in [2.24, 2.45) is 0 Å². The summed E-state index contributed by atoms with van der Waals surface area (Å²) >= 11 is 0. The SMILES string of the molecule is Cc1ccc(S(=O)(=O)CCc2cc(=O)c(O)c(CO)o2)cc1. The molecule has 1 heterocycles. The Morgan fingerprint density at radius 2 is 1.82 bits per heavy atom. The fourth-order valence-electron chi connectivity index (χ4n) is 1.92. The van der Waals surface area contributed by atoms with Gasteiger partial charge in [0.1, 0.15) is 12.4 Å². The molecule has 6 nitrogen and oxygen atoms in total. The van der Waals surface area contributed by atoms with Crippen molar-refractivity contribution in [1.82, 2.24) is 0 Å². The Morgan fingerprint density at radius 1 is 1.18 bits per heavy atom. The lowest BCUT2D eigenvalue weighted by Crippen LogP contribution is -2.11. The maximum atomic E-state index is 12.2. The summed E-state index contributed by atoms with van der Waals surface area (Å²) in [5.41, 5.74) is 0.245. The lowest BCUT2D eigenvalue weighted by Gasteiger charge is -2.06. The van der Waals surface area contributed by atoms with Gasteiger partial charge in [0.05, 0.1) is 10.6 Å². The van der Waals surface area contributed by atoms with E-state index in [0.29, 0.717) is 0 Å². The van der Waals surface area contributed by atoms with Gasteiger partial charge in [-0.15, -0.1) is 0 Å². The van der Waals surface area contributed by atoms with E-state index in [4.69, 9.17) is 9.52 Å². The minimum Gasteiger partial charge on any atom is -0.502 e. The Labute approximate surface area is 127 Å². The van der Waals surface area contributed by atoms with Gasteiger partial charge in [0, 0.05) is 12.5 Å². The Balaban J connectivity index is 2.21. The van der Waals surface area contributed by atoms with Crippen LogP contribution in [0.25, 0.3) is 0 Å². The third kappa shape index (κ3) is 3.55. The van der Waals surface area contributed by atoms with E-state index in [2.05, 4.69) is 0 Å². The molecule has 2 aromatic rings. The maximum Gasteiger partial charge on any atom is 0.227 e. The highest BCUT2D eigenvalue weighted by Crippen LogP contribution is 2.17. The number of aromatic hydroxyl groups is 1. The first-order chi connectivity index (χ1) is 10.3. The summed E-state index contributed by atoms with van der Waals surface area (Å²) in [5, 5.41) is 18.4. The molecule has 0 fully saturated rings. The van der Waals surface area contributed by atoms with Crippen molar-refractivity contribution in [3.63, 3.8) is 0 Å². The number of rotatable bonds is 5. The van der Waals surface area contributed by atoms with Gasteiger partial charge in [-0.25, -0.2) is 8.42 Å². The molecule has 0 unspecified atom stereocenters. The highest BCUT2D eigenvalue weighted by atomic mass is 32.2. The van der Waals surface area contributed by atoms with Crippen LogP contribution in [0.3, 0.4) is 0 Å². The zero-order valence-electron chi connectivity index (χ0n) is 11.9. The van der Waals surface area contributed by atoms with Crippen molar-refractivity contribution in [1.29, 1.82) is 0 Å². The molecule has 118 valence electrons. The Hall–Kier alpha value is -2.12. The molecule has 0 bridgehead atoms. The molecule has 0 spiro atoms. The van der Waals surface area contributed by atoms with Gasteiger partial charge in [-0.1, -0.05) is 17.7 Å². The van der Waals surface area contributed by atoms with Crippen LogP contribution in [0.4, 0.5) is 0 Å². The average molecular weight is 324 g/mol. The van der Waals surface area contributed by atoms with Gasteiger partial charge in [0.15, 0.2) is 15.6 Å². The summed E-state index contributed by atoms with van der Waals surface area (Å²) in [5.74, 6) is -1.07. The topological polar surface area (TPSA) is 105 Å². The Morgan fingerprint density at radius 3 is 2.41 bits per heavy atom. The first-order valence-electron chi connectivity index (χ1n) is 6.58. The molecule has 7 heteroatoms. The molecule has 1 aromatic heterocycles. The summed E-state index contributed by atoms with van der Waals surface area (Å²) in [6, 6.07) is 7.49. The van der Waals surface area contributed by atoms with Crippen LogP contribution in [0.15, 0.2) is 44.4 Å². The summed E-state index contributed by atoms with van der Waals surface area (Å²) < 4.78 is 29.5. The minimum atomic E-state index is -3.50. The van der Waals surface area contributed by atoms with Crippen molar-refractivity contribution in [2.45, 2.75) is 24.8 Å². The van der Waals surface area contributed by atoms with Crippen molar-refractivity contribution in [3.05, 3.63) is 57.6 Å². The summed E-state index contributed by atoms with van der Waals surface area (Å²) in [7, 11) is -3.50. The third-order valence-corrected chi connectivity index (χ3v) is 4.92. The second-order valence-electron chi connectivity index (χ2n) is 4.89. The first-order valence-corrected chi connectivity index (χ1v) is 8.24. The fraction of sp³-hybridized carbons (Fsp3) is 0.267. The number of aliphatic hydroxyl groups is 1. The zero-order chi connectivity index (χ0) is 16.3. The van der Waals surface area contributed by atoms with E-state index < -0.39 is 27.6 Å². The standard InChI is InChI=1S/C15H16O6S/c1-10-2-4-12(5-3-10)22(19,20)7-6-11-8-13(17)15(18)14(9-16)21-11/h2-5,8,16,18H,6-7,9H2,1H3. The summed E-state index contributed by atoms with van der Waals surface area (Å²) in [6.45, 7) is 1.22. The van der Waals surface area contributed by atoms with Crippen LogP contribution in [0.2, 0.25) is 0 Å². The highest BCUT2D eigenvalue weighted by molar-refractivity contribution is 7.91. The van der Waals surface area contributed by atoms with Gasteiger partial charge >= 0.3 is 0 Å². The largest absolute Gasteiger partial charge is 0.502 e. The molecule has 0 atom stereocenters. The van der Waals surface area contributed by atoms with Gasteiger partial charge in [-0.05, 0) is 19.1 Å². The van der Waals surface area contributed by atoms with Crippen molar-refractivity contribution in [2.75, 3.05) is 5.75 Å². The van der Waals surface area contributed by atoms with Gasteiger partial charge < -0.3 is 14.6 Å². The molecule has 0 aliphatic carbocycles. The predicted octanol–water partition coefficient (Wildman–Crippen LogP) is 1.16. The summed E-state index contributed by atoms with van der Waals surface area (Å²) in [6.07, 6.45) is -0.0290. The second kappa shape index (κ2) is 6.33. The van der Waals surface area contributed by atoms with E-state index in [1.807, 2.05) is 6.92 Å². The van der Waals surface area contributed by atoms with Crippen LogP contribution in [0.5, 0.6) is 5.75 Å². The molecule has 0 radical (unpaired) electrons. The van der Waals surface area contributed by atoms with Crippen LogP contribution < -0.4 is 5.43 Å². The molecule has 0 saturated carbocycles. The van der Waals surface area contributed by atoms with Crippen molar-refractivity contribution < 1.29 is 23.0 Å². The Kier molecular flexibility index (Phi) is 4.68. The van der Waals surface area contributed by atoms with E-state index >= 15 is 0 Å². The van der Waals surface area contributed by atoms with Gasteiger partial charge in [0.2, 0.25) is 11.2 Å². The number of aliphatic hydroxyl groups excluding tert-OH is 1. The fourth-order valence-corrected chi connectivity index (χ4v) is 3.17. The van der Waals surface area contributed by atoms with E-state index in [1.165, 1.54) is 12.1 Å². The zero-order valence-corrected chi connectivity index (χ0v) is 12.8. The minimum absolute atomic E-state index is 0.0290. The maximum absolute atomic E-state index is 12.2. The lowest BCUT2D eigenvalue weighted by atomic mass is 10.2. The van der Waals surface area contributed by atoms with Crippen LogP contribution in [0, 0.1) is 6.92 Å². The first kappa shape index (κ1) is 16.3. The second-order valence-corrected chi connectivity index (χ2v) is 7.00. The van der Waals surface area contributed by atoms with Crippen LogP contribution >= 0.6 is 0 Å². The number of aryl methyl sites for hydroxylation is 2. The molecule has 0 amide bonds. The number of hydrogen-bond acceptors (Lipinski definition) is 6. The molecule has 2 N–H and O–H groups in total. The van der Waals surface area contributed by atoms with E-state index in [1.54, 1.807) is 12.1 Å². The smallest absolute Gasteiger partial charge is 0.227 e. The van der Waals surface area contributed by atoms with Crippen LogP contribution in [0.1, 0.15) is 17.1 Å². The predicted molar refractivity (Wildman–Crippen MR) is 79.5 cm³/mol.